The van der Waals surface area contributed by atoms with E-state index in [9.17, 15) is 10.1 Å². The SMILES string of the molecule is CCc1cccc(C)c1N/C=C(/C#N)C(=O)Nc1c(CC)cccc1CC. The van der Waals surface area contributed by atoms with E-state index in [-0.39, 0.29) is 5.57 Å². The minimum absolute atomic E-state index is 0.0493. The van der Waals surface area contributed by atoms with Gasteiger partial charge < -0.3 is 10.6 Å². The number of nitriles is 1. The fourth-order valence-corrected chi connectivity index (χ4v) is 3.11. The maximum Gasteiger partial charge on any atom is 0.267 e. The summed E-state index contributed by atoms with van der Waals surface area (Å²) in [7, 11) is 0. The highest BCUT2D eigenvalue weighted by Gasteiger charge is 2.14. The summed E-state index contributed by atoms with van der Waals surface area (Å²) in [6.07, 6.45) is 4.00. The second-order valence-electron chi connectivity index (χ2n) is 6.39. The molecular weight excluding hydrogens is 334 g/mol. The largest absolute Gasteiger partial charge is 0.360 e. The molecule has 0 aromatic heterocycles. The van der Waals surface area contributed by atoms with Gasteiger partial charge in [0.25, 0.3) is 5.91 Å². The first-order valence-corrected chi connectivity index (χ1v) is 9.43. The highest BCUT2D eigenvalue weighted by molar-refractivity contribution is 6.07. The van der Waals surface area contributed by atoms with Crippen molar-refractivity contribution in [3.63, 3.8) is 0 Å². The number of para-hydroxylation sites is 2. The molecule has 0 aliphatic rings. The molecule has 0 heterocycles. The van der Waals surface area contributed by atoms with Crippen molar-refractivity contribution in [1.82, 2.24) is 0 Å². The third-order valence-corrected chi connectivity index (χ3v) is 4.70. The van der Waals surface area contributed by atoms with Crippen LogP contribution in [0.3, 0.4) is 0 Å². The summed E-state index contributed by atoms with van der Waals surface area (Å²) in [6.45, 7) is 8.19. The van der Waals surface area contributed by atoms with Gasteiger partial charge in [-0.15, -0.1) is 0 Å². The summed E-state index contributed by atoms with van der Waals surface area (Å²) < 4.78 is 0. The number of aryl methyl sites for hydroxylation is 4. The minimum atomic E-state index is -0.396. The van der Waals surface area contributed by atoms with Crippen LogP contribution in [0.1, 0.15) is 43.0 Å². The van der Waals surface area contributed by atoms with Gasteiger partial charge in [0.05, 0.1) is 0 Å². The first-order chi connectivity index (χ1) is 13.0. The summed E-state index contributed by atoms with van der Waals surface area (Å²) in [4.78, 5) is 12.7. The molecule has 2 rings (SSSR count). The van der Waals surface area contributed by atoms with Gasteiger partial charge in [-0.3, -0.25) is 4.79 Å². The van der Waals surface area contributed by atoms with Crippen molar-refractivity contribution in [2.45, 2.75) is 47.0 Å². The molecule has 2 N–H and O–H groups in total. The van der Waals surface area contributed by atoms with E-state index in [1.54, 1.807) is 0 Å². The molecule has 0 unspecified atom stereocenters. The Bertz CT molecular complexity index is 869. The number of hydrogen-bond donors (Lipinski definition) is 2. The van der Waals surface area contributed by atoms with Gasteiger partial charge in [0.2, 0.25) is 0 Å². The van der Waals surface area contributed by atoms with E-state index in [4.69, 9.17) is 0 Å². The van der Waals surface area contributed by atoms with Gasteiger partial charge in [0.15, 0.2) is 0 Å². The zero-order valence-electron chi connectivity index (χ0n) is 16.5. The highest BCUT2D eigenvalue weighted by atomic mass is 16.1. The van der Waals surface area contributed by atoms with Crippen molar-refractivity contribution >= 4 is 17.3 Å². The van der Waals surface area contributed by atoms with E-state index < -0.39 is 5.91 Å². The smallest absolute Gasteiger partial charge is 0.267 e. The van der Waals surface area contributed by atoms with E-state index in [0.717, 1.165) is 52.9 Å². The molecule has 0 atom stereocenters. The number of hydrogen-bond acceptors (Lipinski definition) is 3. The fraction of sp³-hybridized carbons (Fsp3) is 0.304. The Balaban J connectivity index is 2.28. The zero-order chi connectivity index (χ0) is 19.8. The number of carbonyl (C=O) groups is 1. The Morgan fingerprint density at radius 1 is 0.963 bits per heavy atom. The number of nitrogens with one attached hydrogen (secondary N) is 2. The van der Waals surface area contributed by atoms with Gasteiger partial charge in [0, 0.05) is 17.6 Å². The molecule has 0 saturated heterocycles. The summed E-state index contributed by atoms with van der Waals surface area (Å²) in [5.41, 5.74) is 6.18. The van der Waals surface area contributed by atoms with Crippen LogP contribution in [0.2, 0.25) is 0 Å². The Hall–Kier alpha value is -3.06. The maximum atomic E-state index is 12.7. The van der Waals surface area contributed by atoms with Crippen LogP contribution >= 0.6 is 0 Å². The summed E-state index contributed by atoms with van der Waals surface area (Å²) in [5.74, 6) is -0.396. The molecule has 4 heteroatoms. The first kappa shape index (κ1) is 20.3. The molecule has 27 heavy (non-hydrogen) atoms. The Kier molecular flexibility index (Phi) is 7.19. The molecule has 0 spiro atoms. The molecule has 4 nitrogen and oxygen atoms in total. The number of carbonyl (C=O) groups excluding carboxylic acids is 1. The molecule has 0 saturated carbocycles. The van der Waals surface area contributed by atoms with Gasteiger partial charge in [-0.05, 0) is 48.4 Å². The van der Waals surface area contributed by atoms with Gasteiger partial charge in [0.1, 0.15) is 11.6 Å². The molecule has 0 fully saturated rings. The second-order valence-corrected chi connectivity index (χ2v) is 6.39. The normalized spacial score (nSPS) is 11.0. The summed E-state index contributed by atoms with van der Waals surface area (Å²) >= 11 is 0. The molecule has 2 aromatic carbocycles. The van der Waals surface area contributed by atoms with Crippen LogP contribution in [-0.2, 0) is 24.1 Å². The average molecular weight is 361 g/mol. The van der Waals surface area contributed by atoms with E-state index >= 15 is 0 Å². The predicted octanol–water partition coefficient (Wildman–Crippen LogP) is 5.14. The number of anilines is 2. The number of nitrogens with zero attached hydrogens (tertiary/aromatic N) is 1. The van der Waals surface area contributed by atoms with Crippen molar-refractivity contribution in [2.24, 2.45) is 0 Å². The molecule has 140 valence electrons. The molecule has 2 aromatic rings. The van der Waals surface area contributed by atoms with E-state index in [1.165, 1.54) is 6.20 Å². The van der Waals surface area contributed by atoms with Crippen molar-refractivity contribution in [3.8, 4) is 6.07 Å². The fourth-order valence-electron chi connectivity index (χ4n) is 3.11. The lowest BCUT2D eigenvalue weighted by molar-refractivity contribution is -0.112. The topological polar surface area (TPSA) is 64.9 Å². The highest BCUT2D eigenvalue weighted by Crippen LogP contribution is 2.24. The van der Waals surface area contributed by atoms with E-state index in [0.29, 0.717) is 0 Å². The zero-order valence-corrected chi connectivity index (χ0v) is 16.5. The second kappa shape index (κ2) is 9.59. The molecule has 1 amide bonds. The first-order valence-electron chi connectivity index (χ1n) is 9.43. The monoisotopic (exact) mass is 361 g/mol. The number of amides is 1. The van der Waals surface area contributed by atoms with Crippen LogP contribution in [0.4, 0.5) is 11.4 Å². The Morgan fingerprint density at radius 3 is 2.00 bits per heavy atom. The van der Waals surface area contributed by atoms with E-state index in [2.05, 4.69) is 31.4 Å². The molecule has 0 bridgehead atoms. The van der Waals surface area contributed by atoms with Crippen LogP contribution in [0, 0.1) is 18.3 Å². The van der Waals surface area contributed by atoms with Crippen LogP contribution in [0.5, 0.6) is 0 Å². The number of rotatable bonds is 7. The van der Waals surface area contributed by atoms with E-state index in [1.807, 2.05) is 49.4 Å². The number of benzene rings is 2. The van der Waals surface area contributed by atoms with Crippen molar-refractivity contribution in [3.05, 3.63) is 70.4 Å². The summed E-state index contributed by atoms with van der Waals surface area (Å²) in [5, 5.41) is 15.6. The quantitative estimate of drug-likeness (QED) is 0.530. The van der Waals surface area contributed by atoms with Gasteiger partial charge in [-0.1, -0.05) is 57.2 Å². The molecular formula is C23H27N3O. The lowest BCUT2D eigenvalue weighted by atomic mass is 10.0. The average Bonchev–Trinajstić information content (AvgIpc) is 2.69. The summed E-state index contributed by atoms with van der Waals surface area (Å²) in [6, 6.07) is 14.1. The van der Waals surface area contributed by atoms with Crippen molar-refractivity contribution < 1.29 is 4.79 Å². The predicted molar refractivity (Wildman–Crippen MR) is 112 cm³/mol. The van der Waals surface area contributed by atoms with Gasteiger partial charge >= 0.3 is 0 Å². The lowest BCUT2D eigenvalue weighted by Gasteiger charge is -2.15. The Labute approximate surface area is 161 Å². The molecule has 0 aliphatic carbocycles. The lowest BCUT2D eigenvalue weighted by Crippen LogP contribution is -2.17. The van der Waals surface area contributed by atoms with Gasteiger partial charge in [-0.25, -0.2) is 0 Å². The third-order valence-electron chi connectivity index (χ3n) is 4.70. The Morgan fingerprint density at radius 2 is 1.48 bits per heavy atom. The van der Waals surface area contributed by atoms with Crippen LogP contribution in [0.25, 0.3) is 0 Å². The van der Waals surface area contributed by atoms with Crippen LogP contribution in [0.15, 0.2) is 48.2 Å². The standard InChI is InChI=1S/C23H27N3O/c1-5-17-11-8-10-16(4)21(17)25-15-20(14-24)23(27)26-22-18(6-2)12-9-13-19(22)7-3/h8-13,15,25H,5-7H2,1-4H3,(H,26,27)/b20-15-. The molecule has 0 aliphatic heterocycles. The maximum absolute atomic E-state index is 12.7. The minimum Gasteiger partial charge on any atom is -0.360 e. The van der Waals surface area contributed by atoms with Crippen LogP contribution < -0.4 is 10.6 Å². The molecule has 0 radical (unpaired) electrons. The van der Waals surface area contributed by atoms with Gasteiger partial charge in [-0.2, -0.15) is 5.26 Å². The van der Waals surface area contributed by atoms with Crippen LogP contribution in [-0.4, -0.2) is 5.91 Å². The van der Waals surface area contributed by atoms with Crippen molar-refractivity contribution in [2.75, 3.05) is 10.6 Å². The third kappa shape index (κ3) is 4.77. The van der Waals surface area contributed by atoms with Crippen molar-refractivity contribution in [1.29, 1.82) is 5.26 Å².